The van der Waals surface area contributed by atoms with Crippen molar-refractivity contribution in [2.24, 2.45) is 0 Å². The Morgan fingerprint density at radius 2 is 1.59 bits per heavy atom. The number of nitrogens with one attached hydrogen (secondary N) is 2. The molecule has 3 aromatic carbocycles. The number of ether oxygens (including phenoxy) is 1. The lowest BCUT2D eigenvalue weighted by atomic mass is 10.2. The maximum Gasteiger partial charge on any atom is 0.255 e. The van der Waals surface area contributed by atoms with Crippen molar-refractivity contribution in [1.82, 2.24) is 0 Å². The van der Waals surface area contributed by atoms with Crippen molar-refractivity contribution in [1.29, 1.82) is 0 Å². The zero-order chi connectivity index (χ0) is 20.6. The van der Waals surface area contributed by atoms with Gasteiger partial charge in [-0.05, 0) is 66.7 Å². The Morgan fingerprint density at radius 1 is 0.931 bits per heavy atom. The Labute approximate surface area is 182 Å². The lowest BCUT2D eigenvalue weighted by molar-refractivity contribution is -0.113. The highest BCUT2D eigenvalue weighted by molar-refractivity contribution is 9.10. The Kier molecular flexibility index (Phi) is 7.32. The Bertz CT molecular complexity index is 992. The van der Waals surface area contributed by atoms with E-state index in [1.165, 1.54) is 11.8 Å². The summed E-state index contributed by atoms with van der Waals surface area (Å²) in [5.74, 6) is 0.641. The first-order valence-electron chi connectivity index (χ1n) is 8.77. The van der Waals surface area contributed by atoms with Crippen LogP contribution in [0.2, 0.25) is 0 Å². The van der Waals surface area contributed by atoms with Crippen molar-refractivity contribution in [3.05, 3.63) is 82.8 Å². The normalized spacial score (nSPS) is 10.3. The van der Waals surface area contributed by atoms with E-state index >= 15 is 0 Å². The first-order valence-corrected chi connectivity index (χ1v) is 10.5. The van der Waals surface area contributed by atoms with Gasteiger partial charge in [0, 0.05) is 26.3 Å². The SMILES string of the molecule is COc1cccc(C(=O)Nc2ccc(SCC(=O)Nc3ccc(Br)cc3)cc2)c1. The van der Waals surface area contributed by atoms with Gasteiger partial charge in [0.1, 0.15) is 5.75 Å². The van der Waals surface area contributed by atoms with Crippen molar-refractivity contribution < 1.29 is 14.3 Å². The van der Waals surface area contributed by atoms with Gasteiger partial charge in [-0.3, -0.25) is 9.59 Å². The summed E-state index contributed by atoms with van der Waals surface area (Å²) in [6.07, 6.45) is 0. The molecular formula is C22H19BrN2O3S. The van der Waals surface area contributed by atoms with Crippen LogP contribution in [-0.2, 0) is 4.79 Å². The van der Waals surface area contributed by atoms with Crippen LogP contribution in [0, 0.1) is 0 Å². The predicted octanol–water partition coefficient (Wildman–Crippen LogP) is 5.44. The molecule has 0 bridgehead atoms. The highest BCUT2D eigenvalue weighted by atomic mass is 79.9. The van der Waals surface area contributed by atoms with Gasteiger partial charge in [-0.15, -0.1) is 11.8 Å². The zero-order valence-electron chi connectivity index (χ0n) is 15.6. The molecule has 7 heteroatoms. The fourth-order valence-electron chi connectivity index (χ4n) is 2.48. The van der Waals surface area contributed by atoms with Gasteiger partial charge in [0.2, 0.25) is 5.91 Å². The van der Waals surface area contributed by atoms with Gasteiger partial charge < -0.3 is 15.4 Å². The maximum absolute atomic E-state index is 12.3. The molecule has 0 aliphatic rings. The smallest absolute Gasteiger partial charge is 0.255 e. The Balaban J connectivity index is 1.51. The molecule has 0 spiro atoms. The molecule has 0 aromatic heterocycles. The van der Waals surface area contributed by atoms with Gasteiger partial charge >= 0.3 is 0 Å². The minimum Gasteiger partial charge on any atom is -0.497 e. The molecule has 2 N–H and O–H groups in total. The fraction of sp³-hybridized carbons (Fsp3) is 0.0909. The highest BCUT2D eigenvalue weighted by Gasteiger charge is 2.08. The number of hydrogen-bond donors (Lipinski definition) is 2. The number of hydrogen-bond acceptors (Lipinski definition) is 4. The molecule has 3 rings (SSSR count). The Morgan fingerprint density at radius 3 is 2.28 bits per heavy atom. The van der Waals surface area contributed by atoms with Gasteiger partial charge in [-0.25, -0.2) is 0 Å². The van der Waals surface area contributed by atoms with E-state index in [-0.39, 0.29) is 11.8 Å². The van der Waals surface area contributed by atoms with Crippen LogP contribution < -0.4 is 15.4 Å². The average molecular weight is 471 g/mol. The van der Waals surface area contributed by atoms with Crippen LogP contribution >= 0.6 is 27.7 Å². The minimum absolute atomic E-state index is 0.0762. The topological polar surface area (TPSA) is 67.4 Å². The second-order valence-electron chi connectivity index (χ2n) is 6.05. The Hall–Kier alpha value is -2.77. The van der Waals surface area contributed by atoms with Crippen molar-refractivity contribution in [3.63, 3.8) is 0 Å². The van der Waals surface area contributed by atoms with Crippen LogP contribution in [0.3, 0.4) is 0 Å². The van der Waals surface area contributed by atoms with E-state index < -0.39 is 0 Å². The summed E-state index contributed by atoms with van der Waals surface area (Å²) in [5.41, 5.74) is 1.96. The van der Waals surface area contributed by atoms with E-state index in [0.717, 1.165) is 15.1 Å². The predicted molar refractivity (Wildman–Crippen MR) is 121 cm³/mol. The number of amides is 2. The van der Waals surface area contributed by atoms with Gasteiger partial charge in [0.05, 0.1) is 12.9 Å². The molecule has 0 atom stereocenters. The van der Waals surface area contributed by atoms with E-state index in [1.807, 2.05) is 48.5 Å². The minimum atomic E-state index is -0.210. The molecule has 3 aromatic rings. The number of benzene rings is 3. The van der Waals surface area contributed by atoms with Gasteiger partial charge in [0.15, 0.2) is 0 Å². The third-order valence-corrected chi connectivity index (χ3v) is 5.48. The summed E-state index contributed by atoms with van der Waals surface area (Å²) in [6, 6.07) is 21.8. The number of methoxy groups -OCH3 is 1. The number of anilines is 2. The largest absolute Gasteiger partial charge is 0.497 e. The standard InChI is InChI=1S/C22H19BrN2O3S/c1-28-19-4-2-3-15(13-19)22(27)25-18-9-11-20(12-10-18)29-14-21(26)24-17-7-5-16(23)6-8-17/h2-13H,14H2,1H3,(H,24,26)(H,25,27). The van der Waals surface area contributed by atoms with Gasteiger partial charge in [-0.1, -0.05) is 22.0 Å². The maximum atomic E-state index is 12.3. The molecule has 29 heavy (non-hydrogen) atoms. The number of rotatable bonds is 7. The van der Waals surface area contributed by atoms with Crippen molar-refractivity contribution in [2.75, 3.05) is 23.5 Å². The molecule has 0 aliphatic carbocycles. The molecule has 5 nitrogen and oxygen atoms in total. The summed E-state index contributed by atoms with van der Waals surface area (Å²) >= 11 is 4.79. The summed E-state index contributed by atoms with van der Waals surface area (Å²) in [4.78, 5) is 25.4. The number of carbonyl (C=O) groups excluding carboxylic acids is 2. The quantitative estimate of drug-likeness (QED) is 0.451. The van der Waals surface area contributed by atoms with Crippen molar-refractivity contribution in [2.45, 2.75) is 4.90 Å². The molecule has 0 fully saturated rings. The van der Waals surface area contributed by atoms with E-state index in [2.05, 4.69) is 26.6 Å². The van der Waals surface area contributed by atoms with Crippen LogP contribution in [0.5, 0.6) is 5.75 Å². The lowest BCUT2D eigenvalue weighted by Gasteiger charge is -2.08. The molecule has 0 aliphatic heterocycles. The average Bonchev–Trinajstić information content (AvgIpc) is 2.75. The summed E-state index contributed by atoms with van der Waals surface area (Å²) < 4.78 is 6.10. The molecule has 2 amide bonds. The van der Waals surface area contributed by atoms with Gasteiger partial charge in [0.25, 0.3) is 5.91 Å². The van der Waals surface area contributed by atoms with E-state index in [1.54, 1.807) is 31.4 Å². The third-order valence-electron chi connectivity index (χ3n) is 3.94. The monoisotopic (exact) mass is 470 g/mol. The second-order valence-corrected chi connectivity index (χ2v) is 8.02. The number of thioether (sulfide) groups is 1. The van der Waals surface area contributed by atoms with E-state index in [0.29, 0.717) is 22.8 Å². The van der Waals surface area contributed by atoms with E-state index in [4.69, 9.17) is 4.74 Å². The first kappa shape index (κ1) is 21.0. The van der Waals surface area contributed by atoms with Crippen LogP contribution in [-0.4, -0.2) is 24.7 Å². The summed E-state index contributed by atoms with van der Waals surface area (Å²) in [7, 11) is 1.56. The van der Waals surface area contributed by atoms with Gasteiger partial charge in [-0.2, -0.15) is 0 Å². The molecular weight excluding hydrogens is 452 g/mol. The van der Waals surface area contributed by atoms with Crippen LogP contribution in [0.4, 0.5) is 11.4 Å². The molecule has 0 radical (unpaired) electrons. The zero-order valence-corrected chi connectivity index (χ0v) is 18.0. The van der Waals surface area contributed by atoms with Crippen molar-refractivity contribution >= 4 is 50.9 Å². The third kappa shape index (κ3) is 6.37. The van der Waals surface area contributed by atoms with Crippen LogP contribution in [0.1, 0.15) is 10.4 Å². The highest BCUT2D eigenvalue weighted by Crippen LogP contribution is 2.22. The number of halogens is 1. The molecule has 0 unspecified atom stereocenters. The molecule has 0 saturated heterocycles. The molecule has 148 valence electrons. The molecule has 0 saturated carbocycles. The fourth-order valence-corrected chi connectivity index (χ4v) is 3.44. The van der Waals surface area contributed by atoms with Crippen molar-refractivity contribution in [3.8, 4) is 5.75 Å². The first-order chi connectivity index (χ1) is 14.0. The van der Waals surface area contributed by atoms with Crippen LogP contribution in [0.15, 0.2) is 82.2 Å². The lowest BCUT2D eigenvalue weighted by Crippen LogP contribution is -2.13. The van der Waals surface area contributed by atoms with Crippen LogP contribution in [0.25, 0.3) is 0 Å². The summed E-state index contributed by atoms with van der Waals surface area (Å²) in [5, 5.41) is 5.71. The van der Waals surface area contributed by atoms with E-state index in [9.17, 15) is 9.59 Å². The molecule has 0 heterocycles. The number of carbonyl (C=O) groups is 2. The second kappa shape index (κ2) is 10.1. The summed E-state index contributed by atoms with van der Waals surface area (Å²) in [6.45, 7) is 0.